The lowest BCUT2D eigenvalue weighted by Crippen LogP contribution is -2.46. The Kier molecular flexibility index (Phi) is 4.02. The van der Waals surface area contributed by atoms with Gasteiger partial charge in [0.05, 0.1) is 11.2 Å². The summed E-state index contributed by atoms with van der Waals surface area (Å²) in [4.78, 5) is 12.8. The minimum Gasteiger partial charge on any atom is -0.368 e. The quantitative estimate of drug-likeness (QED) is 0.595. The zero-order valence-corrected chi connectivity index (χ0v) is 15.0. The van der Waals surface area contributed by atoms with Crippen molar-refractivity contribution in [3.05, 3.63) is 72.3 Å². The van der Waals surface area contributed by atoms with E-state index < -0.39 is 0 Å². The Labute approximate surface area is 157 Å². The number of nitrogens with one attached hydrogen (secondary N) is 1. The van der Waals surface area contributed by atoms with E-state index in [1.165, 1.54) is 28.7 Å². The maximum absolute atomic E-state index is 13.5. The van der Waals surface area contributed by atoms with Crippen LogP contribution in [0.4, 0.5) is 10.1 Å². The molecule has 0 atom stereocenters. The molecule has 27 heavy (non-hydrogen) atoms. The van der Waals surface area contributed by atoms with Gasteiger partial charge in [-0.3, -0.25) is 9.88 Å². The molecule has 0 unspecified atom stereocenters. The summed E-state index contributed by atoms with van der Waals surface area (Å²) in [5.41, 5.74) is 4.20. The van der Waals surface area contributed by atoms with Gasteiger partial charge in [0.1, 0.15) is 5.82 Å². The van der Waals surface area contributed by atoms with Crippen LogP contribution in [0, 0.1) is 5.82 Å². The molecule has 0 aliphatic carbocycles. The molecule has 0 radical (unpaired) electrons. The predicted octanol–water partition coefficient (Wildman–Crippen LogP) is 4.18. The summed E-state index contributed by atoms with van der Waals surface area (Å²) in [5, 5.41) is 2.26. The normalized spacial score (nSPS) is 15.7. The van der Waals surface area contributed by atoms with E-state index in [1.807, 2.05) is 18.3 Å². The first-order chi connectivity index (χ1) is 13.3. The molecular weight excluding hydrogens is 339 g/mol. The van der Waals surface area contributed by atoms with Gasteiger partial charge in [-0.2, -0.15) is 0 Å². The third-order valence-electron chi connectivity index (χ3n) is 5.38. The highest BCUT2D eigenvalue weighted by atomic mass is 19.1. The number of benzene rings is 2. The van der Waals surface area contributed by atoms with Crippen LogP contribution >= 0.6 is 0 Å². The smallest absolute Gasteiger partial charge is 0.125 e. The van der Waals surface area contributed by atoms with Crippen LogP contribution in [0.3, 0.4) is 0 Å². The summed E-state index contributed by atoms with van der Waals surface area (Å²) < 4.78 is 13.5. The SMILES string of the molecule is Fc1ccc2ccc(CN3CCN(c4cccc5[nH]ccc45)CC3)nc2c1. The molecule has 1 fully saturated rings. The molecule has 1 N–H and O–H groups in total. The first kappa shape index (κ1) is 16.3. The standard InChI is InChI=1S/C22H21FN4/c23-17-6-4-16-5-7-18(25-21(16)14-17)15-26-10-12-27(13-11-26)22-3-1-2-20-19(22)8-9-24-20/h1-9,14,24H,10-13,15H2. The molecule has 0 amide bonds. The molecule has 3 heterocycles. The summed E-state index contributed by atoms with van der Waals surface area (Å²) >= 11 is 0. The van der Waals surface area contributed by atoms with Gasteiger partial charge in [0.25, 0.3) is 0 Å². The van der Waals surface area contributed by atoms with Crippen LogP contribution in [0.2, 0.25) is 0 Å². The van der Waals surface area contributed by atoms with Gasteiger partial charge >= 0.3 is 0 Å². The molecular formula is C22H21FN4. The number of nitrogens with zero attached hydrogens (tertiary/aromatic N) is 3. The van der Waals surface area contributed by atoms with Crippen LogP contribution < -0.4 is 4.90 Å². The molecule has 2 aromatic carbocycles. The molecule has 1 saturated heterocycles. The van der Waals surface area contributed by atoms with Crippen LogP contribution in [0.25, 0.3) is 21.8 Å². The van der Waals surface area contributed by atoms with E-state index in [2.05, 4.69) is 44.0 Å². The van der Waals surface area contributed by atoms with Crippen molar-refractivity contribution in [2.24, 2.45) is 0 Å². The summed E-state index contributed by atoms with van der Waals surface area (Å²) in [6, 6.07) is 17.4. The molecule has 2 aromatic heterocycles. The Morgan fingerprint density at radius 1 is 0.963 bits per heavy atom. The van der Waals surface area contributed by atoms with E-state index in [1.54, 1.807) is 6.07 Å². The second kappa shape index (κ2) is 6.67. The Bertz CT molecular complexity index is 1100. The first-order valence-corrected chi connectivity index (χ1v) is 9.35. The first-order valence-electron chi connectivity index (χ1n) is 9.35. The third-order valence-corrected chi connectivity index (χ3v) is 5.38. The fourth-order valence-corrected chi connectivity index (χ4v) is 3.94. The summed E-state index contributed by atoms with van der Waals surface area (Å²) in [7, 11) is 0. The van der Waals surface area contributed by atoms with Crippen molar-refractivity contribution in [2.45, 2.75) is 6.54 Å². The molecule has 1 aliphatic rings. The highest BCUT2D eigenvalue weighted by Gasteiger charge is 2.19. The Balaban J connectivity index is 1.29. The van der Waals surface area contributed by atoms with Gasteiger partial charge in [-0.15, -0.1) is 0 Å². The molecule has 4 aromatic rings. The highest BCUT2D eigenvalue weighted by molar-refractivity contribution is 5.92. The van der Waals surface area contributed by atoms with E-state index >= 15 is 0 Å². The number of hydrogen-bond donors (Lipinski definition) is 1. The molecule has 0 spiro atoms. The number of H-pyrrole nitrogens is 1. The number of hydrogen-bond acceptors (Lipinski definition) is 3. The Morgan fingerprint density at radius 3 is 2.70 bits per heavy atom. The third kappa shape index (κ3) is 3.15. The summed E-state index contributed by atoms with van der Waals surface area (Å²) in [5.74, 6) is -0.236. The maximum atomic E-state index is 13.5. The van der Waals surface area contributed by atoms with Gasteiger partial charge in [-0.25, -0.2) is 4.39 Å². The van der Waals surface area contributed by atoms with Crippen molar-refractivity contribution in [2.75, 3.05) is 31.1 Å². The van der Waals surface area contributed by atoms with E-state index in [0.29, 0.717) is 0 Å². The van der Waals surface area contributed by atoms with E-state index in [4.69, 9.17) is 0 Å². The second-order valence-electron chi connectivity index (χ2n) is 7.12. The number of rotatable bonds is 3. The molecule has 0 bridgehead atoms. The van der Waals surface area contributed by atoms with Crippen molar-refractivity contribution in [3.63, 3.8) is 0 Å². The molecule has 4 nitrogen and oxygen atoms in total. The number of aromatic amines is 1. The van der Waals surface area contributed by atoms with Gasteiger partial charge in [0, 0.05) is 67.0 Å². The van der Waals surface area contributed by atoms with Crippen molar-refractivity contribution in [1.29, 1.82) is 0 Å². The van der Waals surface area contributed by atoms with Crippen molar-refractivity contribution >= 4 is 27.5 Å². The minimum atomic E-state index is -0.236. The summed E-state index contributed by atoms with van der Waals surface area (Å²) in [6.45, 7) is 4.76. The Morgan fingerprint density at radius 2 is 1.81 bits per heavy atom. The van der Waals surface area contributed by atoms with Gasteiger partial charge in [-0.05, 0) is 36.4 Å². The average Bonchev–Trinajstić information content (AvgIpc) is 3.17. The minimum absolute atomic E-state index is 0.236. The predicted molar refractivity (Wildman–Crippen MR) is 107 cm³/mol. The van der Waals surface area contributed by atoms with Crippen molar-refractivity contribution in [3.8, 4) is 0 Å². The van der Waals surface area contributed by atoms with Crippen LogP contribution in [-0.2, 0) is 6.54 Å². The molecule has 5 heteroatoms. The summed E-state index contributed by atoms with van der Waals surface area (Å²) in [6.07, 6.45) is 2.00. The average molecular weight is 360 g/mol. The van der Waals surface area contributed by atoms with Crippen molar-refractivity contribution in [1.82, 2.24) is 14.9 Å². The number of fused-ring (bicyclic) bond motifs is 2. The highest BCUT2D eigenvalue weighted by Crippen LogP contribution is 2.27. The lowest BCUT2D eigenvalue weighted by Gasteiger charge is -2.36. The van der Waals surface area contributed by atoms with E-state index in [-0.39, 0.29) is 5.82 Å². The van der Waals surface area contributed by atoms with Crippen LogP contribution in [0.1, 0.15) is 5.69 Å². The zero-order valence-electron chi connectivity index (χ0n) is 15.0. The zero-order chi connectivity index (χ0) is 18.2. The van der Waals surface area contributed by atoms with E-state index in [0.717, 1.165) is 49.3 Å². The van der Waals surface area contributed by atoms with Gasteiger partial charge in [-0.1, -0.05) is 12.1 Å². The fraction of sp³-hybridized carbons (Fsp3) is 0.227. The van der Waals surface area contributed by atoms with Crippen LogP contribution in [0.5, 0.6) is 0 Å². The van der Waals surface area contributed by atoms with Gasteiger partial charge in [0.2, 0.25) is 0 Å². The number of pyridine rings is 1. The van der Waals surface area contributed by atoms with Crippen molar-refractivity contribution < 1.29 is 4.39 Å². The topological polar surface area (TPSA) is 35.2 Å². The molecule has 5 rings (SSSR count). The van der Waals surface area contributed by atoms with Gasteiger partial charge in [0.15, 0.2) is 0 Å². The maximum Gasteiger partial charge on any atom is 0.125 e. The lowest BCUT2D eigenvalue weighted by atomic mass is 10.1. The van der Waals surface area contributed by atoms with E-state index in [9.17, 15) is 4.39 Å². The molecule has 136 valence electrons. The number of halogens is 1. The van der Waals surface area contributed by atoms with Crippen LogP contribution in [0.15, 0.2) is 60.8 Å². The van der Waals surface area contributed by atoms with Gasteiger partial charge < -0.3 is 9.88 Å². The Hall–Kier alpha value is -2.92. The molecule has 1 aliphatic heterocycles. The largest absolute Gasteiger partial charge is 0.368 e. The fourth-order valence-electron chi connectivity index (χ4n) is 3.94. The van der Waals surface area contributed by atoms with Crippen LogP contribution in [-0.4, -0.2) is 41.0 Å². The number of piperazine rings is 1. The molecule has 0 saturated carbocycles. The lowest BCUT2D eigenvalue weighted by molar-refractivity contribution is 0.247. The second-order valence-corrected chi connectivity index (χ2v) is 7.12. The number of anilines is 1. The monoisotopic (exact) mass is 360 g/mol. The number of aromatic nitrogens is 2.